The molecule has 1 amide bonds. The van der Waals surface area contributed by atoms with Gasteiger partial charge in [-0.2, -0.15) is 0 Å². The summed E-state index contributed by atoms with van der Waals surface area (Å²) in [4.78, 5) is 34.8. The van der Waals surface area contributed by atoms with Gasteiger partial charge in [-0.3, -0.25) is 9.59 Å². The lowest BCUT2D eigenvalue weighted by Gasteiger charge is -2.09. The van der Waals surface area contributed by atoms with Crippen LogP contribution in [-0.4, -0.2) is 51.6 Å². The van der Waals surface area contributed by atoms with Gasteiger partial charge in [0.1, 0.15) is 5.75 Å². The van der Waals surface area contributed by atoms with Gasteiger partial charge >= 0.3 is 6.36 Å². The van der Waals surface area contributed by atoms with Crippen LogP contribution in [0.2, 0.25) is 0 Å². The Morgan fingerprint density at radius 2 is 1.86 bits per heavy atom. The second-order valence-corrected chi connectivity index (χ2v) is 8.95. The van der Waals surface area contributed by atoms with Gasteiger partial charge in [-0.25, -0.2) is 9.97 Å². The minimum absolute atomic E-state index is 0.105. The number of carbonyl (C=O) groups excluding carboxylic acids is 2. The summed E-state index contributed by atoms with van der Waals surface area (Å²) in [7, 11) is 3.29. The van der Waals surface area contributed by atoms with Crippen molar-refractivity contribution in [1.29, 1.82) is 0 Å². The third-order valence-corrected chi connectivity index (χ3v) is 6.20. The Morgan fingerprint density at radius 1 is 1.09 bits per heavy atom. The van der Waals surface area contributed by atoms with E-state index >= 15 is 0 Å². The van der Waals surface area contributed by atoms with Crippen LogP contribution in [0.15, 0.2) is 36.4 Å². The number of nitrogens with one attached hydrogen (secondary N) is 1. The Bertz CT molecular complexity index is 1410. The highest BCUT2D eigenvalue weighted by molar-refractivity contribution is 7.22. The summed E-state index contributed by atoms with van der Waals surface area (Å²) >= 11 is 1.17. The summed E-state index contributed by atoms with van der Waals surface area (Å²) in [5.41, 5.74) is 2.39. The molecule has 0 atom stereocenters. The second kappa shape index (κ2) is 9.53. The van der Waals surface area contributed by atoms with E-state index in [1.165, 1.54) is 34.4 Å². The Labute approximate surface area is 202 Å². The maximum atomic E-state index is 12.6. The number of rotatable bonds is 8. The number of alkyl halides is 3. The van der Waals surface area contributed by atoms with Crippen LogP contribution in [0, 0.1) is 0 Å². The average Bonchev–Trinajstić information content (AvgIpc) is 3.34. The third kappa shape index (κ3) is 5.53. The number of ether oxygens (including phenoxy) is 1. The smallest absolute Gasteiger partial charge is 0.406 e. The molecule has 1 N–H and O–H groups in total. The van der Waals surface area contributed by atoms with E-state index in [9.17, 15) is 22.8 Å². The molecule has 184 valence electrons. The molecule has 8 nitrogen and oxygen atoms in total. The molecule has 0 aliphatic rings. The van der Waals surface area contributed by atoms with Gasteiger partial charge in [0.15, 0.2) is 10.9 Å². The van der Waals surface area contributed by atoms with Crippen LogP contribution < -0.4 is 10.1 Å². The van der Waals surface area contributed by atoms with E-state index in [0.29, 0.717) is 38.9 Å². The van der Waals surface area contributed by atoms with Gasteiger partial charge in [0, 0.05) is 45.1 Å². The lowest BCUT2D eigenvalue weighted by molar-refractivity contribution is -0.274. The first-order valence-electron chi connectivity index (χ1n) is 10.7. The van der Waals surface area contributed by atoms with Crippen molar-refractivity contribution in [2.45, 2.75) is 32.7 Å². The van der Waals surface area contributed by atoms with Crippen LogP contribution in [0.1, 0.15) is 30.1 Å². The van der Waals surface area contributed by atoms with E-state index < -0.39 is 6.36 Å². The molecule has 0 spiro atoms. The zero-order valence-electron chi connectivity index (χ0n) is 19.1. The lowest BCUT2D eigenvalue weighted by Crippen LogP contribution is -2.22. The minimum Gasteiger partial charge on any atom is -0.406 e. The third-order valence-electron chi connectivity index (χ3n) is 5.26. The standard InChI is InChI=1S/C23H22F3N5O3S/c1-4-31-17-8-5-13(18(32)9-10-20(33)30(2)3)11-16(17)27-21(31)29-22-28-15-7-6-14(12-19(15)35-22)34-23(24,25)26/h5-8,11-12H,4,9-10H2,1-3H3,(H,27,28,29). The van der Waals surface area contributed by atoms with Crippen molar-refractivity contribution < 1.29 is 27.5 Å². The number of imidazole rings is 1. The van der Waals surface area contributed by atoms with Crippen LogP contribution in [-0.2, 0) is 11.3 Å². The SMILES string of the molecule is CCn1c(Nc2nc3ccc(OC(F)(F)F)cc3s2)nc2cc(C(=O)CCC(=O)N(C)C)ccc21. The second-order valence-electron chi connectivity index (χ2n) is 7.92. The van der Waals surface area contributed by atoms with Crippen molar-refractivity contribution in [1.82, 2.24) is 19.4 Å². The van der Waals surface area contributed by atoms with Crippen LogP contribution in [0.4, 0.5) is 24.3 Å². The number of benzene rings is 2. The van der Waals surface area contributed by atoms with Gasteiger partial charge in [0.2, 0.25) is 11.9 Å². The van der Waals surface area contributed by atoms with E-state index in [-0.39, 0.29) is 30.3 Å². The molecule has 0 saturated heterocycles. The molecule has 0 radical (unpaired) electrons. The van der Waals surface area contributed by atoms with Gasteiger partial charge in [0.05, 0.1) is 21.3 Å². The normalized spacial score (nSPS) is 11.7. The number of Topliss-reactive ketones (excluding diaryl/α,β-unsaturated/α-hetero) is 1. The topological polar surface area (TPSA) is 89.3 Å². The van der Waals surface area contributed by atoms with Crippen LogP contribution in [0.25, 0.3) is 21.3 Å². The van der Waals surface area contributed by atoms with Gasteiger partial charge in [0.25, 0.3) is 0 Å². The fraction of sp³-hybridized carbons (Fsp3) is 0.304. The first kappa shape index (κ1) is 24.5. The van der Waals surface area contributed by atoms with Gasteiger partial charge in [-0.15, -0.1) is 13.2 Å². The molecule has 0 aliphatic carbocycles. The van der Waals surface area contributed by atoms with E-state index in [1.807, 2.05) is 11.5 Å². The number of fused-ring (bicyclic) bond motifs is 2. The van der Waals surface area contributed by atoms with Crippen LogP contribution in [0.5, 0.6) is 5.75 Å². The minimum atomic E-state index is -4.77. The number of carbonyl (C=O) groups is 2. The van der Waals surface area contributed by atoms with Crippen molar-refractivity contribution in [3.63, 3.8) is 0 Å². The molecule has 0 fully saturated rings. The molecule has 4 aromatic rings. The molecule has 0 saturated carbocycles. The van der Waals surface area contributed by atoms with Gasteiger partial charge in [-0.05, 0) is 37.3 Å². The largest absolute Gasteiger partial charge is 0.573 e. The molecule has 2 aromatic heterocycles. The van der Waals surface area contributed by atoms with Crippen molar-refractivity contribution in [2.75, 3.05) is 19.4 Å². The predicted molar refractivity (Wildman–Crippen MR) is 127 cm³/mol. The summed E-state index contributed by atoms with van der Waals surface area (Å²) in [5, 5.41) is 3.58. The van der Waals surface area contributed by atoms with Crippen molar-refractivity contribution in [3.8, 4) is 5.75 Å². The molecule has 0 bridgehead atoms. The summed E-state index contributed by atoms with van der Waals surface area (Å²) in [6.45, 7) is 2.52. The summed E-state index contributed by atoms with van der Waals surface area (Å²) < 4.78 is 43.9. The Balaban J connectivity index is 1.57. The molecule has 35 heavy (non-hydrogen) atoms. The number of hydrogen-bond acceptors (Lipinski definition) is 7. The molecule has 2 heterocycles. The summed E-state index contributed by atoms with van der Waals surface area (Å²) in [6, 6.07) is 9.16. The maximum Gasteiger partial charge on any atom is 0.573 e. The van der Waals surface area contributed by atoms with Crippen molar-refractivity contribution in [2.24, 2.45) is 0 Å². The molecular weight excluding hydrogens is 483 g/mol. The zero-order valence-corrected chi connectivity index (χ0v) is 20.0. The van der Waals surface area contributed by atoms with Crippen LogP contribution >= 0.6 is 11.3 Å². The quantitative estimate of drug-likeness (QED) is 0.325. The first-order chi connectivity index (χ1) is 16.5. The van der Waals surface area contributed by atoms with Crippen molar-refractivity contribution >= 4 is 55.4 Å². The Morgan fingerprint density at radius 3 is 2.54 bits per heavy atom. The highest BCUT2D eigenvalue weighted by Crippen LogP contribution is 2.33. The maximum absolute atomic E-state index is 12.6. The molecule has 0 unspecified atom stereocenters. The first-order valence-corrected chi connectivity index (χ1v) is 11.5. The molecule has 2 aromatic carbocycles. The van der Waals surface area contributed by atoms with Gasteiger partial charge in [-0.1, -0.05) is 11.3 Å². The zero-order chi connectivity index (χ0) is 25.3. The summed E-state index contributed by atoms with van der Waals surface area (Å²) in [6.07, 6.45) is -4.53. The predicted octanol–water partition coefficient (Wildman–Crippen LogP) is 5.36. The molecule has 4 rings (SSSR count). The lowest BCUT2D eigenvalue weighted by atomic mass is 10.1. The number of anilines is 2. The van der Waals surface area contributed by atoms with Gasteiger partial charge < -0.3 is 19.5 Å². The number of ketones is 1. The van der Waals surface area contributed by atoms with E-state index in [2.05, 4.69) is 20.0 Å². The van der Waals surface area contributed by atoms with E-state index in [0.717, 1.165) is 5.52 Å². The number of nitrogens with zero attached hydrogens (tertiary/aromatic N) is 4. The monoisotopic (exact) mass is 505 g/mol. The Hall–Kier alpha value is -3.67. The molecule has 12 heteroatoms. The molecule has 0 aliphatic heterocycles. The van der Waals surface area contributed by atoms with Crippen molar-refractivity contribution in [3.05, 3.63) is 42.0 Å². The highest BCUT2D eigenvalue weighted by atomic mass is 32.1. The summed E-state index contributed by atoms with van der Waals surface area (Å²) in [5.74, 6) is -0.0917. The molecular formula is C23H22F3N5O3S. The fourth-order valence-electron chi connectivity index (χ4n) is 3.56. The van der Waals surface area contributed by atoms with E-state index in [1.54, 1.807) is 32.3 Å². The van der Waals surface area contributed by atoms with E-state index in [4.69, 9.17) is 0 Å². The number of amides is 1. The fourth-order valence-corrected chi connectivity index (χ4v) is 4.45. The number of aromatic nitrogens is 3. The average molecular weight is 506 g/mol. The highest BCUT2D eigenvalue weighted by Gasteiger charge is 2.31. The number of thiazole rings is 1. The number of halogens is 3. The Kier molecular flexibility index (Phi) is 6.66. The number of aryl methyl sites for hydroxylation is 1. The number of hydrogen-bond donors (Lipinski definition) is 1. The van der Waals surface area contributed by atoms with Crippen LogP contribution in [0.3, 0.4) is 0 Å².